The van der Waals surface area contributed by atoms with Crippen LogP contribution in [-0.2, 0) is 0 Å². The van der Waals surface area contributed by atoms with Crippen LogP contribution in [0, 0.1) is 5.92 Å². The number of hydrogen-bond acceptors (Lipinski definition) is 3. The standard InChI is InChI=1S/C11H13NO3.ClH/c12-10(6-1-2-6)7-3-4-9(13)8(5-7)11(14)15;/h3-6,10,13H,1-2,12H2,(H,14,15);1H/t10-;/m0./s1. The van der Waals surface area contributed by atoms with E-state index in [0.717, 1.165) is 18.4 Å². The molecule has 0 radical (unpaired) electrons. The number of carbonyl (C=O) groups is 1. The molecule has 5 heteroatoms. The van der Waals surface area contributed by atoms with E-state index in [2.05, 4.69) is 0 Å². The van der Waals surface area contributed by atoms with E-state index in [-0.39, 0.29) is 29.8 Å². The second-order valence-corrected chi connectivity index (χ2v) is 3.94. The average Bonchev–Trinajstić information content (AvgIpc) is 3.00. The molecule has 1 aliphatic carbocycles. The Morgan fingerprint density at radius 1 is 1.44 bits per heavy atom. The zero-order valence-electron chi connectivity index (χ0n) is 8.59. The molecule has 1 fully saturated rings. The molecule has 16 heavy (non-hydrogen) atoms. The van der Waals surface area contributed by atoms with E-state index in [4.69, 9.17) is 10.8 Å². The first kappa shape index (κ1) is 12.8. The third-order valence-electron chi connectivity index (χ3n) is 2.77. The maximum Gasteiger partial charge on any atom is 0.339 e. The van der Waals surface area contributed by atoms with Gasteiger partial charge in [-0.3, -0.25) is 0 Å². The fraction of sp³-hybridized carbons (Fsp3) is 0.364. The number of hydrogen-bond donors (Lipinski definition) is 3. The van der Waals surface area contributed by atoms with E-state index >= 15 is 0 Å². The predicted octanol–water partition coefficient (Wildman–Crippen LogP) is 1.92. The molecule has 0 amide bonds. The first-order valence-electron chi connectivity index (χ1n) is 4.91. The molecular formula is C11H14ClNO3. The van der Waals surface area contributed by atoms with Gasteiger partial charge in [-0.2, -0.15) is 0 Å². The summed E-state index contributed by atoms with van der Waals surface area (Å²) < 4.78 is 0. The summed E-state index contributed by atoms with van der Waals surface area (Å²) in [6.45, 7) is 0. The average molecular weight is 244 g/mol. The number of benzene rings is 1. The Balaban J connectivity index is 0.00000128. The number of carboxylic acid groups (broad SMARTS) is 1. The summed E-state index contributed by atoms with van der Waals surface area (Å²) in [6, 6.07) is 4.43. The van der Waals surface area contributed by atoms with Crippen LogP contribution in [0.2, 0.25) is 0 Å². The van der Waals surface area contributed by atoms with Crippen LogP contribution in [0.4, 0.5) is 0 Å². The summed E-state index contributed by atoms with van der Waals surface area (Å²) >= 11 is 0. The molecular weight excluding hydrogens is 230 g/mol. The Labute approximate surface area is 99.5 Å². The van der Waals surface area contributed by atoms with Crippen molar-refractivity contribution in [2.45, 2.75) is 18.9 Å². The van der Waals surface area contributed by atoms with E-state index in [1.165, 1.54) is 12.1 Å². The Bertz CT molecular complexity index is 404. The topological polar surface area (TPSA) is 83.5 Å². The monoisotopic (exact) mass is 243 g/mol. The second-order valence-electron chi connectivity index (χ2n) is 3.94. The van der Waals surface area contributed by atoms with Crippen molar-refractivity contribution in [1.29, 1.82) is 0 Å². The summed E-state index contributed by atoms with van der Waals surface area (Å²) in [4.78, 5) is 10.8. The van der Waals surface area contributed by atoms with Crippen LogP contribution in [0.15, 0.2) is 18.2 Å². The Hall–Kier alpha value is -1.26. The van der Waals surface area contributed by atoms with Crippen LogP contribution in [0.3, 0.4) is 0 Å². The van der Waals surface area contributed by atoms with Gasteiger partial charge in [0.15, 0.2) is 0 Å². The quantitative estimate of drug-likeness (QED) is 0.757. The van der Waals surface area contributed by atoms with Crippen LogP contribution in [-0.4, -0.2) is 16.2 Å². The number of aromatic hydroxyl groups is 1. The van der Waals surface area contributed by atoms with Crippen molar-refractivity contribution in [3.05, 3.63) is 29.3 Å². The van der Waals surface area contributed by atoms with Crippen molar-refractivity contribution in [3.8, 4) is 5.75 Å². The minimum absolute atomic E-state index is 0. The molecule has 1 aromatic rings. The van der Waals surface area contributed by atoms with Gasteiger partial charge in [0.1, 0.15) is 11.3 Å². The molecule has 0 heterocycles. The second kappa shape index (κ2) is 4.72. The molecule has 0 aromatic heterocycles. The van der Waals surface area contributed by atoms with Gasteiger partial charge in [0, 0.05) is 6.04 Å². The third-order valence-corrected chi connectivity index (χ3v) is 2.77. The molecule has 0 aliphatic heterocycles. The van der Waals surface area contributed by atoms with E-state index in [0.29, 0.717) is 5.92 Å². The summed E-state index contributed by atoms with van der Waals surface area (Å²) in [5.74, 6) is -0.872. The van der Waals surface area contributed by atoms with Crippen molar-refractivity contribution in [1.82, 2.24) is 0 Å². The van der Waals surface area contributed by atoms with Gasteiger partial charge in [0.2, 0.25) is 0 Å². The molecule has 4 N–H and O–H groups in total. The van der Waals surface area contributed by atoms with Crippen molar-refractivity contribution < 1.29 is 15.0 Å². The summed E-state index contributed by atoms with van der Waals surface area (Å²) in [5, 5.41) is 18.1. The van der Waals surface area contributed by atoms with E-state index in [1.54, 1.807) is 6.07 Å². The number of aromatic carboxylic acids is 1. The highest BCUT2D eigenvalue weighted by atomic mass is 35.5. The van der Waals surface area contributed by atoms with Crippen molar-refractivity contribution >= 4 is 18.4 Å². The highest BCUT2D eigenvalue weighted by Crippen LogP contribution is 2.40. The van der Waals surface area contributed by atoms with Gasteiger partial charge in [-0.25, -0.2) is 4.79 Å². The Morgan fingerprint density at radius 2 is 2.06 bits per heavy atom. The molecule has 1 aromatic carbocycles. The largest absolute Gasteiger partial charge is 0.507 e. The lowest BCUT2D eigenvalue weighted by molar-refractivity contribution is 0.0693. The Morgan fingerprint density at radius 3 is 2.56 bits per heavy atom. The fourth-order valence-corrected chi connectivity index (χ4v) is 1.66. The number of halogens is 1. The number of carboxylic acids is 1. The van der Waals surface area contributed by atoms with Crippen LogP contribution >= 0.6 is 12.4 Å². The highest BCUT2D eigenvalue weighted by Gasteiger charge is 2.30. The minimum atomic E-state index is -1.13. The maximum absolute atomic E-state index is 10.8. The molecule has 1 aliphatic rings. The first-order valence-corrected chi connectivity index (χ1v) is 4.91. The zero-order chi connectivity index (χ0) is 11.0. The normalized spacial score (nSPS) is 16.3. The smallest absolute Gasteiger partial charge is 0.339 e. The van der Waals surface area contributed by atoms with Gasteiger partial charge in [0.05, 0.1) is 0 Å². The van der Waals surface area contributed by atoms with Crippen LogP contribution in [0.1, 0.15) is 34.8 Å². The first-order chi connectivity index (χ1) is 7.09. The van der Waals surface area contributed by atoms with E-state index < -0.39 is 5.97 Å². The van der Waals surface area contributed by atoms with Crippen molar-refractivity contribution in [2.24, 2.45) is 11.7 Å². The number of nitrogens with two attached hydrogens (primary N) is 1. The fourth-order valence-electron chi connectivity index (χ4n) is 1.66. The van der Waals surface area contributed by atoms with Crippen LogP contribution in [0.25, 0.3) is 0 Å². The lowest BCUT2D eigenvalue weighted by Crippen LogP contribution is -2.13. The lowest BCUT2D eigenvalue weighted by atomic mass is 10.0. The summed E-state index contributed by atoms with van der Waals surface area (Å²) in [5.41, 5.74) is 6.65. The summed E-state index contributed by atoms with van der Waals surface area (Å²) in [6.07, 6.45) is 2.20. The third kappa shape index (κ3) is 2.46. The van der Waals surface area contributed by atoms with Gasteiger partial charge < -0.3 is 15.9 Å². The molecule has 1 atom stereocenters. The summed E-state index contributed by atoms with van der Waals surface area (Å²) in [7, 11) is 0. The van der Waals surface area contributed by atoms with Gasteiger partial charge in [-0.15, -0.1) is 12.4 Å². The Kier molecular flexibility index (Phi) is 3.78. The van der Waals surface area contributed by atoms with Gasteiger partial charge in [-0.05, 0) is 36.5 Å². The highest BCUT2D eigenvalue weighted by molar-refractivity contribution is 5.90. The zero-order valence-corrected chi connectivity index (χ0v) is 9.41. The number of rotatable bonds is 3. The molecule has 0 bridgehead atoms. The van der Waals surface area contributed by atoms with Gasteiger partial charge >= 0.3 is 5.97 Å². The van der Waals surface area contributed by atoms with Crippen LogP contribution in [0.5, 0.6) is 5.75 Å². The molecule has 88 valence electrons. The molecule has 4 nitrogen and oxygen atoms in total. The minimum Gasteiger partial charge on any atom is -0.507 e. The molecule has 2 rings (SSSR count). The van der Waals surface area contributed by atoms with Crippen molar-refractivity contribution in [2.75, 3.05) is 0 Å². The molecule has 0 spiro atoms. The molecule has 0 saturated heterocycles. The van der Waals surface area contributed by atoms with Gasteiger partial charge in [-0.1, -0.05) is 6.07 Å². The van der Waals surface area contributed by atoms with E-state index in [9.17, 15) is 9.90 Å². The van der Waals surface area contributed by atoms with Crippen molar-refractivity contribution in [3.63, 3.8) is 0 Å². The predicted molar refractivity (Wildman–Crippen MR) is 62.0 cm³/mol. The molecule has 0 unspecified atom stereocenters. The van der Waals surface area contributed by atoms with E-state index in [1.807, 2.05) is 0 Å². The maximum atomic E-state index is 10.8. The van der Waals surface area contributed by atoms with Gasteiger partial charge in [0.25, 0.3) is 0 Å². The lowest BCUT2D eigenvalue weighted by Gasteiger charge is -2.11. The number of phenols is 1. The molecule has 1 saturated carbocycles. The SMILES string of the molecule is Cl.N[C@H](c1ccc(O)c(C(=O)O)c1)C1CC1. The van der Waals surface area contributed by atoms with Crippen LogP contribution < -0.4 is 5.73 Å².